The highest BCUT2D eigenvalue weighted by Crippen LogP contribution is 2.26. The molecule has 0 aliphatic heterocycles. The van der Waals surface area contributed by atoms with Gasteiger partial charge in [0, 0.05) is 6.54 Å². The smallest absolute Gasteiger partial charge is 0.123 e. The molecule has 0 heterocycles. The number of para-hydroxylation sites is 1. The molecular formula is C15H15ClFNO. The van der Waals surface area contributed by atoms with Crippen molar-refractivity contribution in [3.8, 4) is 0 Å². The molecule has 0 aliphatic rings. The quantitative estimate of drug-likeness (QED) is 0.889. The largest absolute Gasteiger partial charge is 0.387 e. The third-order valence-electron chi connectivity index (χ3n) is 2.95. The van der Waals surface area contributed by atoms with E-state index < -0.39 is 6.10 Å². The molecular weight excluding hydrogens is 265 g/mol. The van der Waals surface area contributed by atoms with E-state index in [0.29, 0.717) is 17.1 Å². The van der Waals surface area contributed by atoms with Crippen LogP contribution in [0.1, 0.15) is 17.2 Å². The van der Waals surface area contributed by atoms with Gasteiger partial charge in [-0.1, -0.05) is 35.9 Å². The molecule has 0 saturated heterocycles. The Labute approximate surface area is 116 Å². The van der Waals surface area contributed by atoms with Gasteiger partial charge in [-0.25, -0.2) is 4.39 Å². The average molecular weight is 280 g/mol. The first kappa shape index (κ1) is 13.8. The minimum atomic E-state index is -0.712. The Morgan fingerprint density at radius 3 is 2.53 bits per heavy atom. The van der Waals surface area contributed by atoms with E-state index in [2.05, 4.69) is 5.32 Å². The van der Waals surface area contributed by atoms with Gasteiger partial charge < -0.3 is 10.4 Å². The van der Waals surface area contributed by atoms with E-state index in [0.717, 1.165) is 11.3 Å². The molecule has 0 bridgehead atoms. The molecule has 0 fully saturated rings. The van der Waals surface area contributed by atoms with Gasteiger partial charge >= 0.3 is 0 Å². The highest BCUT2D eigenvalue weighted by molar-refractivity contribution is 6.33. The second-order valence-corrected chi connectivity index (χ2v) is 4.79. The molecule has 0 saturated carbocycles. The lowest BCUT2D eigenvalue weighted by Gasteiger charge is -2.15. The normalized spacial score (nSPS) is 12.2. The predicted octanol–water partition coefficient (Wildman–Crippen LogP) is 3.93. The monoisotopic (exact) mass is 279 g/mol. The number of anilines is 1. The van der Waals surface area contributed by atoms with Crippen LogP contribution in [0.4, 0.5) is 10.1 Å². The third kappa shape index (κ3) is 3.46. The molecule has 2 aromatic rings. The summed E-state index contributed by atoms with van der Waals surface area (Å²) in [6.45, 7) is 2.26. The van der Waals surface area contributed by atoms with Crippen molar-refractivity contribution >= 4 is 17.3 Å². The standard InChI is InChI=1S/C15H15ClFNO/c1-10-3-2-4-13(16)15(10)18-9-14(19)11-5-7-12(17)8-6-11/h2-8,14,18-19H,9H2,1H3. The summed E-state index contributed by atoms with van der Waals surface area (Å²) in [7, 11) is 0. The second kappa shape index (κ2) is 6.04. The predicted molar refractivity (Wildman–Crippen MR) is 76.0 cm³/mol. The number of hydrogen-bond donors (Lipinski definition) is 2. The molecule has 2 nitrogen and oxygen atoms in total. The number of benzene rings is 2. The summed E-state index contributed by atoms with van der Waals surface area (Å²) in [4.78, 5) is 0. The summed E-state index contributed by atoms with van der Waals surface area (Å²) in [6.07, 6.45) is -0.712. The Hall–Kier alpha value is -1.58. The summed E-state index contributed by atoms with van der Waals surface area (Å²) in [6, 6.07) is 11.4. The van der Waals surface area contributed by atoms with Crippen molar-refractivity contribution in [1.82, 2.24) is 0 Å². The fraction of sp³-hybridized carbons (Fsp3) is 0.200. The molecule has 1 unspecified atom stereocenters. The summed E-state index contributed by atoms with van der Waals surface area (Å²) < 4.78 is 12.8. The van der Waals surface area contributed by atoms with Gasteiger partial charge in [-0.15, -0.1) is 0 Å². The highest BCUT2D eigenvalue weighted by Gasteiger charge is 2.09. The van der Waals surface area contributed by atoms with Crippen molar-refractivity contribution in [3.05, 3.63) is 64.4 Å². The molecule has 100 valence electrons. The number of rotatable bonds is 4. The van der Waals surface area contributed by atoms with Crippen LogP contribution in [0.2, 0.25) is 5.02 Å². The van der Waals surface area contributed by atoms with Crippen LogP contribution in [-0.4, -0.2) is 11.7 Å². The Kier molecular flexibility index (Phi) is 4.40. The Morgan fingerprint density at radius 1 is 1.21 bits per heavy atom. The summed E-state index contributed by atoms with van der Waals surface area (Å²) in [5, 5.41) is 13.8. The van der Waals surface area contributed by atoms with Crippen molar-refractivity contribution < 1.29 is 9.50 Å². The summed E-state index contributed by atoms with van der Waals surface area (Å²) >= 11 is 6.09. The molecule has 0 radical (unpaired) electrons. The Balaban J connectivity index is 2.04. The molecule has 19 heavy (non-hydrogen) atoms. The van der Waals surface area contributed by atoms with Gasteiger partial charge in [0.15, 0.2) is 0 Å². The van der Waals surface area contributed by atoms with Gasteiger partial charge in [0.2, 0.25) is 0 Å². The number of nitrogens with one attached hydrogen (secondary N) is 1. The molecule has 0 amide bonds. The van der Waals surface area contributed by atoms with Crippen LogP contribution in [-0.2, 0) is 0 Å². The lowest BCUT2D eigenvalue weighted by Crippen LogP contribution is -2.13. The summed E-state index contributed by atoms with van der Waals surface area (Å²) in [5.74, 6) is -0.314. The third-order valence-corrected chi connectivity index (χ3v) is 3.26. The first-order valence-corrected chi connectivity index (χ1v) is 6.38. The van der Waals surface area contributed by atoms with E-state index in [1.807, 2.05) is 19.1 Å². The van der Waals surface area contributed by atoms with Crippen molar-refractivity contribution in [2.45, 2.75) is 13.0 Å². The minimum Gasteiger partial charge on any atom is -0.387 e. The Morgan fingerprint density at radius 2 is 1.89 bits per heavy atom. The maximum atomic E-state index is 12.8. The van der Waals surface area contributed by atoms with Crippen molar-refractivity contribution in [3.63, 3.8) is 0 Å². The molecule has 4 heteroatoms. The van der Waals surface area contributed by atoms with E-state index in [4.69, 9.17) is 11.6 Å². The minimum absolute atomic E-state index is 0.314. The van der Waals surface area contributed by atoms with Gasteiger partial charge in [0.1, 0.15) is 5.82 Å². The zero-order valence-electron chi connectivity index (χ0n) is 10.5. The van der Waals surface area contributed by atoms with Crippen LogP contribution in [0.5, 0.6) is 0 Å². The van der Waals surface area contributed by atoms with Crippen molar-refractivity contribution in [2.24, 2.45) is 0 Å². The van der Waals surface area contributed by atoms with E-state index in [1.165, 1.54) is 12.1 Å². The van der Waals surface area contributed by atoms with Gasteiger partial charge in [-0.05, 0) is 36.2 Å². The van der Waals surface area contributed by atoms with Crippen molar-refractivity contribution in [1.29, 1.82) is 0 Å². The lowest BCUT2D eigenvalue weighted by molar-refractivity contribution is 0.191. The average Bonchev–Trinajstić information content (AvgIpc) is 2.38. The molecule has 2 N–H and O–H groups in total. The number of halogens is 2. The number of aliphatic hydroxyl groups is 1. The zero-order chi connectivity index (χ0) is 13.8. The molecule has 0 aromatic heterocycles. The molecule has 0 aliphatic carbocycles. The highest BCUT2D eigenvalue weighted by atomic mass is 35.5. The van der Waals surface area contributed by atoms with Crippen molar-refractivity contribution in [2.75, 3.05) is 11.9 Å². The zero-order valence-corrected chi connectivity index (χ0v) is 11.3. The van der Waals surface area contributed by atoms with Gasteiger partial charge in [-0.3, -0.25) is 0 Å². The van der Waals surface area contributed by atoms with Crippen LogP contribution < -0.4 is 5.32 Å². The fourth-order valence-corrected chi connectivity index (χ4v) is 2.15. The molecule has 2 aromatic carbocycles. The maximum Gasteiger partial charge on any atom is 0.123 e. The maximum absolute atomic E-state index is 12.8. The number of hydrogen-bond acceptors (Lipinski definition) is 2. The first-order chi connectivity index (χ1) is 9.08. The van der Waals surface area contributed by atoms with E-state index >= 15 is 0 Å². The van der Waals surface area contributed by atoms with E-state index in [-0.39, 0.29) is 5.82 Å². The lowest BCUT2D eigenvalue weighted by atomic mass is 10.1. The van der Waals surface area contributed by atoms with Gasteiger partial charge in [-0.2, -0.15) is 0 Å². The molecule has 1 atom stereocenters. The van der Waals surface area contributed by atoms with E-state index in [9.17, 15) is 9.50 Å². The van der Waals surface area contributed by atoms with Gasteiger partial charge in [0.05, 0.1) is 16.8 Å². The number of aryl methyl sites for hydroxylation is 1. The van der Waals surface area contributed by atoms with Crippen LogP contribution >= 0.6 is 11.6 Å². The molecule has 2 rings (SSSR count). The second-order valence-electron chi connectivity index (χ2n) is 4.38. The topological polar surface area (TPSA) is 32.3 Å². The van der Waals surface area contributed by atoms with Gasteiger partial charge in [0.25, 0.3) is 0 Å². The van der Waals surface area contributed by atoms with E-state index in [1.54, 1.807) is 18.2 Å². The van der Waals surface area contributed by atoms with Crippen LogP contribution in [0.15, 0.2) is 42.5 Å². The SMILES string of the molecule is Cc1cccc(Cl)c1NCC(O)c1ccc(F)cc1. The summed E-state index contributed by atoms with van der Waals surface area (Å²) in [5.41, 5.74) is 2.49. The molecule has 0 spiro atoms. The first-order valence-electron chi connectivity index (χ1n) is 6.00. The fourth-order valence-electron chi connectivity index (χ4n) is 1.86. The van der Waals surface area contributed by atoms with Crippen LogP contribution in [0, 0.1) is 12.7 Å². The van der Waals surface area contributed by atoms with Crippen LogP contribution in [0.3, 0.4) is 0 Å². The number of aliphatic hydroxyl groups excluding tert-OH is 1. The Bertz CT molecular complexity index is 536. The van der Waals surface area contributed by atoms with Crippen LogP contribution in [0.25, 0.3) is 0 Å².